The lowest BCUT2D eigenvalue weighted by Crippen LogP contribution is -2.15. The summed E-state index contributed by atoms with van der Waals surface area (Å²) in [5.41, 5.74) is 0.284. The van der Waals surface area contributed by atoms with Gasteiger partial charge in [0.15, 0.2) is 0 Å². The van der Waals surface area contributed by atoms with Gasteiger partial charge in [0, 0.05) is 0 Å². The van der Waals surface area contributed by atoms with E-state index in [1.165, 1.54) is 12.1 Å². The number of rotatable bonds is 4. The molecule has 0 amide bonds. The van der Waals surface area contributed by atoms with E-state index in [0.717, 1.165) is 12.1 Å². The van der Waals surface area contributed by atoms with Crippen LogP contribution in [0.3, 0.4) is 0 Å². The average Bonchev–Trinajstić information content (AvgIpc) is 2.15. The van der Waals surface area contributed by atoms with Gasteiger partial charge < -0.3 is 10.2 Å². The number of carboxylic acid groups (broad SMARTS) is 2. The molecule has 4 nitrogen and oxygen atoms in total. The Balaban J connectivity index is 2.94. The number of hydrogen-bond donors (Lipinski definition) is 2. The van der Waals surface area contributed by atoms with Crippen LogP contribution in [0.1, 0.15) is 17.9 Å². The van der Waals surface area contributed by atoms with Gasteiger partial charge in [-0.25, -0.2) is 4.39 Å². The maximum atomic E-state index is 12.5. The zero-order valence-electron chi connectivity index (χ0n) is 7.68. The number of halogens is 1. The predicted molar refractivity (Wildman–Crippen MR) is 49.0 cm³/mol. The quantitative estimate of drug-likeness (QED) is 0.792. The van der Waals surface area contributed by atoms with Crippen LogP contribution in [-0.2, 0) is 9.59 Å². The van der Waals surface area contributed by atoms with E-state index in [9.17, 15) is 14.0 Å². The fourth-order valence-electron chi connectivity index (χ4n) is 1.22. The summed E-state index contributed by atoms with van der Waals surface area (Å²) in [6.07, 6.45) is -0.513. The maximum Gasteiger partial charge on any atom is 0.311 e. The fourth-order valence-corrected chi connectivity index (χ4v) is 1.22. The van der Waals surface area contributed by atoms with Crippen LogP contribution >= 0.6 is 0 Å². The molecule has 1 rings (SSSR count). The Kier molecular flexibility index (Phi) is 3.38. The Morgan fingerprint density at radius 2 is 1.73 bits per heavy atom. The van der Waals surface area contributed by atoms with Crippen LogP contribution < -0.4 is 0 Å². The lowest BCUT2D eigenvalue weighted by atomic mass is 9.96. The first-order chi connectivity index (χ1) is 7.00. The van der Waals surface area contributed by atoms with E-state index in [2.05, 4.69) is 0 Å². The van der Waals surface area contributed by atoms with Crippen molar-refractivity contribution < 1.29 is 24.2 Å². The zero-order valence-corrected chi connectivity index (χ0v) is 7.68. The number of aliphatic carboxylic acids is 2. The molecule has 0 saturated heterocycles. The van der Waals surface area contributed by atoms with E-state index in [-0.39, 0.29) is 5.56 Å². The van der Waals surface area contributed by atoms with Gasteiger partial charge in [-0.15, -0.1) is 0 Å². The maximum absolute atomic E-state index is 12.5. The molecule has 1 aromatic rings. The molecule has 80 valence electrons. The van der Waals surface area contributed by atoms with Crippen molar-refractivity contribution in [3.05, 3.63) is 35.6 Å². The molecule has 5 heteroatoms. The second-order valence-corrected chi connectivity index (χ2v) is 3.04. The van der Waals surface area contributed by atoms with Crippen LogP contribution in [0.15, 0.2) is 24.3 Å². The van der Waals surface area contributed by atoms with Crippen LogP contribution in [0.2, 0.25) is 0 Å². The van der Waals surface area contributed by atoms with Crippen molar-refractivity contribution >= 4 is 11.9 Å². The summed E-state index contributed by atoms with van der Waals surface area (Å²) >= 11 is 0. The third kappa shape index (κ3) is 3.05. The molecule has 0 radical (unpaired) electrons. The highest BCUT2D eigenvalue weighted by atomic mass is 19.1. The summed E-state index contributed by atoms with van der Waals surface area (Å²) < 4.78 is 12.5. The molecular weight excluding hydrogens is 203 g/mol. The molecular formula is C10H9FO4. The minimum atomic E-state index is -1.23. The van der Waals surface area contributed by atoms with Gasteiger partial charge in [-0.05, 0) is 17.7 Å². The molecule has 15 heavy (non-hydrogen) atoms. The van der Waals surface area contributed by atoms with Gasteiger partial charge >= 0.3 is 11.9 Å². The minimum absolute atomic E-state index is 0.284. The highest BCUT2D eigenvalue weighted by Crippen LogP contribution is 2.20. The molecule has 0 heterocycles. The van der Waals surface area contributed by atoms with Crippen molar-refractivity contribution in [2.45, 2.75) is 12.3 Å². The first-order valence-electron chi connectivity index (χ1n) is 4.20. The Morgan fingerprint density at radius 3 is 2.13 bits per heavy atom. The Bertz CT molecular complexity index is 372. The SMILES string of the molecule is O=C(O)C[C@@H](C(=O)O)c1ccc(F)cc1. The summed E-state index contributed by atoms with van der Waals surface area (Å²) in [7, 11) is 0. The highest BCUT2D eigenvalue weighted by molar-refractivity contribution is 5.82. The van der Waals surface area contributed by atoms with Crippen molar-refractivity contribution in [2.24, 2.45) is 0 Å². The molecule has 0 spiro atoms. The lowest BCUT2D eigenvalue weighted by Gasteiger charge is -2.09. The normalized spacial score (nSPS) is 12.1. The highest BCUT2D eigenvalue weighted by Gasteiger charge is 2.22. The molecule has 0 aliphatic heterocycles. The molecule has 0 saturated carbocycles. The van der Waals surface area contributed by atoms with Gasteiger partial charge in [0.2, 0.25) is 0 Å². The van der Waals surface area contributed by atoms with Crippen molar-refractivity contribution in [1.82, 2.24) is 0 Å². The third-order valence-electron chi connectivity index (χ3n) is 1.95. The third-order valence-corrected chi connectivity index (χ3v) is 1.95. The van der Waals surface area contributed by atoms with Crippen molar-refractivity contribution in [3.63, 3.8) is 0 Å². The molecule has 0 aromatic heterocycles. The number of carbonyl (C=O) groups is 2. The van der Waals surface area contributed by atoms with Gasteiger partial charge in [-0.2, -0.15) is 0 Å². The molecule has 2 N–H and O–H groups in total. The van der Waals surface area contributed by atoms with Crippen molar-refractivity contribution in [3.8, 4) is 0 Å². The van der Waals surface area contributed by atoms with E-state index >= 15 is 0 Å². The summed E-state index contributed by atoms with van der Waals surface area (Å²) in [6.45, 7) is 0. The van der Waals surface area contributed by atoms with Gasteiger partial charge in [0.1, 0.15) is 5.82 Å². The number of carboxylic acids is 2. The number of hydrogen-bond acceptors (Lipinski definition) is 2. The van der Waals surface area contributed by atoms with Crippen molar-refractivity contribution in [2.75, 3.05) is 0 Å². The number of benzene rings is 1. The van der Waals surface area contributed by atoms with E-state index in [0.29, 0.717) is 0 Å². The topological polar surface area (TPSA) is 74.6 Å². The van der Waals surface area contributed by atoms with Gasteiger partial charge in [0.25, 0.3) is 0 Å². The van der Waals surface area contributed by atoms with Gasteiger partial charge in [-0.3, -0.25) is 9.59 Å². The van der Waals surface area contributed by atoms with Gasteiger partial charge in [-0.1, -0.05) is 12.1 Å². The second-order valence-electron chi connectivity index (χ2n) is 3.04. The largest absolute Gasteiger partial charge is 0.481 e. The first-order valence-corrected chi connectivity index (χ1v) is 4.20. The summed E-state index contributed by atoms with van der Waals surface area (Å²) in [5, 5.41) is 17.3. The smallest absolute Gasteiger partial charge is 0.311 e. The van der Waals surface area contributed by atoms with Crippen LogP contribution in [-0.4, -0.2) is 22.2 Å². The first kappa shape index (κ1) is 11.2. The summed E-state index contributed by atoms with van der Waals surface area (Å²) in [5.74, 6) is -4.06. The van der Waals surface area contributed by atoms with Gasteiger partial charge in [0.05, 0.1) is 12.3 Å². The Morgan fingerprint density at radius 1 is 1.20 bits per heavy atom. The standard InChI is InChI=1S/C10H9FO4/c11-7-3-1-6(2-4-7)8(10(14)15)5-9(12)13/h1-4,8H,5H2,(H,12,13)(H,14,15)/t8-/m1/s1. The molecule has 0 aliphatic carbocycles. The molecule has 1 atom stereocenters. The Labute approximate surface area is 85.0 Å². The Hall–Kier alpha value is -1.91. The summed E-state index contributed by atoms with van der Waals surface area (Å²) in [6, 6.07) is 4.76. The van der Waals surface area contributed by atoms with Crippen LogP contribution in [0.25, 0.3) is 0 Å². The fraction of sp³-hybridized carbons (Fsp3) is 0.200. The lowest BCUT2D eigenvalue weighted by molar-refractivity contribution is -0.145. The average molecular weight is 212 g/mol. The monoisotopic (exact) mass is 212 g/mol. The van der Waals surface area contributed by atoms with Crippen LogP contribution in [0, 0.1) is 5.82 Å². The predicted octanol–water partition coefficient (Wildman–Crippen LogP) is 1.47. The molecule has 0 aliphatic rings. The molecule has 0 unspecified atom stereocenters. The van der Waals surface area contributed by atoms with Crippen LogP contribution in [0.4, 0.5) is 4.39 Å². The minimum Gasteiger partial charge on any atom is -0.481 e. The van der Waals surface area contributed by atoms with Crippen LogP contribution in [0.5, 0.6) is 0 Å². The van der Waals surface area contributed by atoms with E-state index in [1.54, 1.807) is 0 Å². The summed E-state index contributed by atoms with van der Waals surface area (Å²) in [4.78, 5) is 21.2. The molecule has 1 aromatic carbocycles. The van der Waals surface area contributed by atoms with Crippen molar-refractivity contribution in [1.29, 1.82) is 0 Å². The molecule has 0 fully saturated rings. The van der Waals surface area contributed by atoms with E-state index in [4.69, 9.17) is 10.2 Å². The van der Waals surface area contributed by atoms with E-state index in [1.807, 2.05) is 0 Å². The molecule has 0 bridgehead atoms. The second kappa shape index (κ2) is 4.54. The van der Waals surface area contributed by atoms with E-state index < -0.39 is 30.1 Å². The zero-order chi connectivity index (χ0) is 11.4.